The maximum Gasteiger partial charge on any atom is 0.119 e. The van der Waals surface area contributed by atoms with Gasteiger partial charge in [-0.05, 0) is 85.6 Å². The summed E-state index contributed by atoms with van der Waals surface area (Å²) in [6, 6.07) is 33.7. The van der Waals surface area contributed by atoms with Crippen molar-refractivity contribution in [3.05, 3.63) is 106 Å². The normalized spacial score (nSPS) is 11.4. The fraction of sp³-hybridized carbons (Fsp3) is 0.0357. The molecule has 0 bridgehead atoms. The fourth-order valence-corrected chi connectivity index (χ4v) is 4.62. The number of halogens is 1. The zero-order valence-corrected chi connectivity index (χ0v) is 19.2. The first kappa shape index (κ1) is 19.8. The zero-order valence-electron chi connectivity index (χ0n) is 17.0. The van der Waals surface area contributed by atoms with E-state index in [4.69, 9.17) is 9.73 Å². The second kappa shape index (κ2) is 8.52. The zero-order chi connectivity index (χ0) is 21.2. The molecule has 5 aromatic rings. The van der Waals surface area contributed by atoms with Crippen LogP contribution in [0, 0.1) is 3.57 Å². The molecule has 0 atom stereocenters. The van der Waals surface area contributed by atoms with Crippen LogP contribution in [0.3, 0.4) is 0 Å². The maximum absolute atomic E-state index is 5.26. The third-order valence-corrected chi connectivity index (χ3v) is 6.49. The molecule has 5 rings (SSSR count). The van der Waals surface area contributed by atoms with E-state index in [1.807, 2.05) is 30.5 Å². The minimum atomic E-state index is 0.829. The van der Waals surface area contributed by atoms with Crippen LogP contribution in [-0.2, 0) is 0 Å². The van der Waals surface area contributed by atoms with Gasteiger partial charge in [-0.15, -0.1) is 0 Å². The van der Waals surface area contributed by atoms with Crippen molar-refractivity contribution < 1.29 is 4.74 Å². The van der Waals surface area contributed by atoms with Crippen molar-refractivity contribution in [3.8, 4) is 16.9 Å². The van der Waals surface area contributed by atoms with Gasteiger partial charge < -0.3 is 4.74 Å². The van der Waals surface area contributed by atoms with Crippen LogP contribution in [0.1, 0.15) is 5.56 Å². The van der Waals surface area contributed by atoms with Gasteiger partial charge in [0.1, 0.15) is 5.75 Å². The van der Waals surface area contributed by atoms with Crippen molar-refractivity contribution >= 4 is 56.0 Å². The topological polar surface area (TPSA) is 21.6 Å². The second-order valence-corrected chi connectivity index (χ2v) is 8.51. The molecule has 0 N–H and O–H groups in total. The minimum Gasteiger partial charge on any atom is -0.497 e. The molecule has 0 aliphatic carbocycles. The number of ether oxygens (including phenoxy) is 1. The summed E-state index contributed by atoms with van der Waals surface area (Å²) in [7, 11) is 1.67. The molecule has 5 aromatic carbocycles. The average Bonchev–Trinajstić information content (AvgIpc) is 2.83. The van der Waals surface area contributed by atoms with E-state index in [9.17, 15) is 0 Å². The van der Waals surface area contributed by atoms with Crippen LogP contribution in [0.15, 0.2) is 102 Å². The Bertz CT molecular complexity index is 1420. The summed E-state index contributed by atoms with van der Waals surface area (Å²) in [5.74, 6) is 0.829. The third-order valence-electron chi connectivity index (χ3n) is 5.55. The molecule has 0 unspecified atom stereocenters. The lowest BCUT2D eigenvalue weighted by atomic mass is 9.91. The summed E-state index contributed by atoms with van der Waals surface area (Å²) >= 11 is 2.41. The highest BCUT2D eigenvalue weighted by Gasteiger charge is 2.12. The summed E-state index contributed by atoms with van der Waals surface area (Å²) in [5.41, 5.74) is 4.42. The summed E-state index contributed by atoms with van der Waals surface area (Å²) < 4.78 is 6.52. The standard InChI is InChI=1S/C28H20INO/c1-31-21-13-11-20(12-14-21)30-18-27-22-7-3-2-6-19(22)10-15-25(27)24-16-17-28(29)26-9-5-4-8-23(24)26/h2-18H,1H3. The van der Waals surface area contributed by atoms with Crippen molar-refractivity contribution in [1.29, 1.82) is 0 Å². The molecule has 0 heterocycles. The van der Waals surface area contributed by atoms with Crippen LogP contribution in [0.4, 0.5) is 5.69 Å². The molecule has 0 radical (unpaired) electrons. The van der Waals surface area contributed by atoms with Crippen molar-refractivity contribution in [3.63, 3.8) is 0 Å². The van der Waals surface area contributed by atoms with E-state index in [1.165, 1.54) is 36.2 Å². The Morgan fingerprint density at radius 3 is 2.13 bits per heavy atom. The molecule has 0 aliphatic heterocycles. The number of benzene rings is 5. The molecule has 2 nitrogen and oxygen atoms in total. The van der Waals surface area contributed by atoms with Gasteiger partial charge in [-0.25, -0.2) is 0 Å². The Kier molecular flexibility index (Phi) is 5.43. The monoisotopic (exact) mass is 513 g/mol. The van der Waals surface area contributed by atoms with E-state index in [-0.39, 0.29) is 0 Å². The van der Waals surface area contributed by atoms with Gasteiger partial charge in [-0.3, -0.25) is 4.99 Å². The molecule has 0 fully saturated rings. The maximum atomic E-state index is 5.26. The highest BCUT2D eigenvalue weighted by atomic mass is 127. The molecule has 150 valence electrons. The lowest BCUT2D eigenvalue weighted by Gasteiger charge is -2.13. The van der Waals surface area contributed by atoms with Crippen LogP contribution in [-0.4, -0.2) is 13.3 Å². The minimum absolute atomic E-state index is 0.829. The van der Waals surface area contributed by atoms with E-state index in [1.54, 1.807) is 7.11 Å². The number of rotatable bonds is 4. The molecule has 0 amide bonds. The molecular formula is C28H20INO. The van der Waals surface area contributed by atoms with Gasteiger partial charge in [-0.2, -0.15) is 0 Å². The predicted molar refractivity (Wildman–Crippen MR) is 140 cm³/mol. The summed E-state index contributed by atoms with van der Waals surface area (Å²) in [6.45, 7) is 0. The third kappa shape index (κ3) is 3.81. The van der Waals surface area contributed by atoms with Crippen LogP contribution in [0.25, 0.3) is 32.7 Å². The number of methoxy groups -OCH3 is 1. The molecule has 3 heteroatoms. The summed E-state index contributed by atoms with van der Waals surface area (Å²) in [6.07, 6.45) is 1.99. The Morgan fingerprint density at radius 1 is 0.677 bits per heavy atom. The lowest BCUT2D eigenvalue weighted by Crippen LogP contribution is -1.93. The van der Waals surface area contributed by atoms with Crippen LogP contribution in [0.2, 0.25) is 0 Å². The van der Waals surface area contributed by atoms with Crippen LogP contribution >= 0.6 is 22.6 Å². The molecule has 0 saturated carbocycles. The summed E-state index contributed by atoms with van der Waals surface area (Å²) in [4.78, 5) is 4.80. The number of hydrogen-bond donors (Lipinski definition) is 0. The van der Waals surface area contributed by atoms with Gasteiger partial charge in [-0.1, -0.05) is 66.7 Å². The Morgan fingerprint density at radius 2 is 1.35 bits per heavy atom. The van der Waals surface area contributed by atoms with Crippen LogP contribution < -0.4 is 4.74 Å². The SMILES string of the molecule is COc1ccc(N=Cc2c(-c3ccc(I)c4ccccc34)ccc3ccccc23)cc1. The highest BCUT2D eigenvalue weighted by molar-refractivity contribution is 14.1. The molecule has 0 aliphatic rings. The molecule has 0 saturated heterocycles. The average molecular weight is 513 g/mol. The second-order valence-electron chi connectivity index (χ2n) is 7.34. The van der Waals surface area contributed by atoms with Crippen LogP contribution in [0.5, 0.6) is 5.75 Å². The van der Waals surface area contributed by atoms with Crippen molar-refractivity contribution in [2.75, 3.05) is 7.11 Å². The quantitative estimate of drug-likeness (QED) is 0.176. The van der Waals surface area contributed by atoms with Gasteiger partial charge >= 0.3 is 0 Å². The van der Waals surface area contributed by atoms with Gasteiger partial charge in [0.05, 0.1) is 12.8 Å². The van der Waals surface area contributed by atoms with Crippen molar-refractivity contribution in [1.82, 2.24) is 0 Å². The number of aliphatic imine (C=N–C) groups is 1. The first-order chi connectivity index (χ1) is 15.2. The molecular weight excluding hydrogens is 493 g/mol. The van der Waals surface area contributed by atoms with Gasteiger partial charge in [0.15, 0.2) is 0 Å². The Hall–Kier alpha value is -3.18. The van der Waals surface area contributed by atoms with E-state index in [0.29, 0.717) is 0 Å². The Balaban J connectivity index is 1.73. The summed E-state index contributed by atoms with van der Waals surface area (Å²) in [5, 5.41) is 4.92. The molecule has 0 aromatic heterocycles. The van der Waals surface area contributed by atoms with Crippen molar-refractivity contribution in [2.24, 2.45) is 4.99 Å². The first-order valence-corrected chi connectivity index (χ1v) is 11.2. The predicted octanol–water partition coefficient (Wildman–Crippen LogP) is 8.02. The fourth-order valence-electron chi connectivity index (χ4n) is 3.97. The Labute approximate surface area is 195 Å². The van der Waals surface area contributed by atoms with E-state index >= 15 is 0 Å². The number of hydrogen-bond acceptors (Lipinski definition) is 2. The number of fused-ring (bicyclic) bond motifs is 2. The van der Waals surface area contributed by atoms with Gasteiger partial charge in [0, 0.05) is 15.3 Å². The number of nitrogens with zero attached hydrogens (tertiary/aromatic N) is 1. The van der Waals surface area contributed by atoms with Gasteiger partial charge in [0.25, 0.3) is 0 Å². The highest BCUT2D eigenvalue weighted by Crippen LogP contribution is 2.36. The molecule has 31 heavy (non-hydrogen) atoms. The first-order valence-electron chi connectivity index (χ1n) is 10.1. The smallest absolute Gasteiger partial charge is 0.119 e. The molecule has 0 spiro atoms. The van der Waals surface area contributed by atoms with E-state index in [2.05, 4.69) is 95.4 Å². The van der Waals surface area contributed by atoms with Gasteiger partial charge in [0.2, 0.25) is 0 Å². The largest absolute Gasteiger partial charge is 0.497 e. The van der Waals surface area contributed by atoms with Crippen molar-refractivity contribution in [2.45, 2.75) is 0 Å². The lowest BCUT2D eigenvalue weighted by molar-refractivity contribution is 0.415. The van der Waals surface area contributed by atoms with E-state index < -0.39 is 0 Å². The van der Waals surface area contributed by atoms with E-state index in [0.717, 1.165) is 17.0 Å².